The number of rotatable bonds is 4. The van der Waals surface area contributed by atoms with Gasteiger partial charge in [0.2, 0.25) is 0 Å². The van der Waals surface area contributed by atoms with Crippen molar-refractivity contribution in [1.29, 1.82) is 0 Å². The zero-order valence-electron chi connectivity index (χ0n) is 10.6. The number of nitro groups is 1. The molecule has 1 aliphatic rings. The molecule has 1 aromatic carbocycles. The van der Waals surface area contributed by atoms with Gasteiger partial charge in [-0.3, -0.25) is 10.1 Å². The molecule has 1 aliphatic heterocycles. The first kappa shape index (κ1) is 13.8. The zero-order valence-corrected chi connectivity index (χ0v) is 11.4. The SMILES string of the molecule is Cc1ccc(NCC2CCS(=O)(=O)C2)c([N+](=O)[O-])c1. The van der Waals surface area contributed by atoms with Crippen LogP contribution in [0.5, 0.6) is 0 Å². The lowest BCUT2D eigenvalue weighted by atomic mass is 10.1. The summed E-state index contributed by atoms with van der Waals surface area (Å²) < 4.78 is 22.7. The molecule has 0 spiro atoms. The van der Waals surface area contributed by atoms with Crippen LogP contribution in [0, 0.1) is 23.0 Å². The van der Waals surface area contributed by atoms with E-state index in [1.165, 1.54) is 6.07 Å². The number of benzene rings is 1. The number of nitrogens with one attached hydrogen (secondary N) is 1. The molecular weight excluding hydrogens is 268 g/mol. The van der Waals surface area contributed by atoms with Crippen LogP contribution in [0.1, 0.15) is 12.0 Å². The molecule has 0 radical (unpaired) electrons. The Kier molecular flexibility index (Phi) is 3.75. The molecule has 104 valence electrons. The van der Waals surface area contributed by atoms with Crippen molar-refractivity contribution >= 4 is 21.2 Å². The summed E-state index contributed by atoms with van der Waals surface area (Å²) >= 11 is 0. The third kappa shape index (κ3) is 3.44. The van der Waals surface area contributed by atoms with E-state index in [0.717, 1.165) is 5.56 Å². The van der Waals surface area contributed by atoms with Gasteiger partial charge in [0.1, 0.15) is 5.69 Å². The number of nitrogens with zero attached hydrogens (tertiary/aromatic N) is 1. The number of nitro benzene ring substituents is 1. The largest absolute Gasteiger partial charge is 0.379 e. The molecule has 1 saturated heterocycles. The van der Waals surface area contributed by atoms with E-state index in [1.807, 2.05) is 0 Å². The molecule has 7 heteroatoms. The van der Waals surface area contributed by atoms with Crippen LogP contribution in [0.2, 0.25) is 0 Å². The topological polar surface area (TPSA) is 89.3 Å². The van der Waals surface area contributed by atoms with Crippen LogP contribution in [0.4, 0.5) is 11.4 Å². The predicted octanol–water partition coefficient (Wildman–Crippen LogP) is 1.75. The molecule has 1 N–H and O–H groups in total. The molecule has 1 heterocycles. The highest BCUT2D eigenvalue weighted by Gasteiger charge is 2.28. The second-order valence-corrected chi connectivity index (χ2v) is 7.16. The Morgan fingerprint density at radius 1 is 1.47 bits per heavy atom. The summed E-state index contributed by atoms with van der Waals surface area (Å²) in [7, 11) is -2.91. The summed E-state index contributed by atoms with van der Waals surface area (Å²) in [5.74, 6) is 0.417. The lowest BCUT2D eigenvalue weighted by Gasteiger charge is -2.11. The Balaban J connectivity index is 2.06. The average molecular weight is 284 g/mol. The smallest absolute Gasteiger partial charge is 0.292 e. The molecule has 0 amide bonds. The van der Waals surface area contributed by atoms with Gasteiger partial charge in [0.15, 0.2) is 9.84 Å². The summed E-state index contributed by atoms with van der Waals surface area (Å²) in [5, 5.41) is 13.9. The van der Waals surface area contributed by atoms with E-state index in [4.69, 9.17) is 0 Å². The quantitative estimate of drug-likeness (QED) is 0.672. The summed E-state index contributed by atoms with van der Waals surface area (Å²) in [6, 6.07) is 4.96. The van der Waals surface area contributed by atoms with E-state index in [0.29, 0.717) is 18.7 Å². The van der Waals surface area contributed by atoms with E-state index < -0.39 is 14.8 Å². The van der Waals surface area contributed by atoms with Gasteiger partial charge in [-0.25, -0.2) is 8.42 Å². The minimum atomic E-state index is -2.91. The van der Waals surface area contributed by atoms with Gasteiger partial charge in [0.05, 0.1) is 16.4 Å². The molecule has 0 aliphatic carbocycles. The molecule has 0 saturated carbocycles. The van der Waals surface area contributed by atoms with Crippen molar-refractivity contribution in [3.8, 4) is 0 Å². The minimum absolute atomic E-state index is 0.0286. The monoisotopic (exact) mass is 284 g/mol. The first-order chi connectivity index (χ1) is 8.87. The van der Waals surface area contributed by atoms with Crippen molar-refractivity contribution < 1.29 is 13.3 Å². The molecule has 0 aromatic heterocycles. The minimum Gasteiger partial charge on any atom is -0.379 e. The second kappa shape index (κ2) is 5.16. The van der Waals surface area contributed by atoms with Crippen LogP contribution in [0.3, 0.4) is 0 Å². The number of hydrogen-bond donors (Lipinski definition) is 1. The fourth-order valence-corrected chi connectivity index (χ4v) is 4.09. The van der Waals surface area contributed by atoms with Gasteiger partial charge in [-0.2, -0.15) is 0 Å². The van der Waals surface area contributed by atoms with Crippen molar-refractivity contribution in [2.24, 2.45) is 5.92 Å². The standard InChI is InChI=1S/C12H16N2O4S/c1-9-2-3-11(12(6-9)14(15)16)13-7-10-4-5-19(17,18)8-10/h2-3,6,10,13H,4-5,7-8H2,1H3. The van der Waals surface area contributed by atoms with Crippen molar-refractivity contribution in [2.75, 3.05) is 23.4 Å². The first-order valence-corrected chi connectivity index (χ1v) is 7.89. The summed E-state index contributed by atoms with van der Waals surface area (Å²) in [4.78, 5) is 10.5. The summed E-state index contributed by atoms with van der Waals surface area (Å²) in [6.45, 7) is 2.24. The summed E-state index contributed by atoms with van der Waals surface area (Å²) in [6.07, 6.45) is 0.620. The van der Waals surface area contributed by atoms with Gasteiger partial charge in [-0.05, 0) is 30.9 Å². The van der Waals surface area contributed by atoms with Crippen LogP contribution < -0.4 is 5.32 Å². The third-order valence-corrected chi connectivity index (χ3v) is 5.09. The third-order valence-electron chi connectivity index (χ3n) is 3.26. The van der Waals surface area contributed by atoms with Crippen LogP contribution in [0.25, 0.3) is 0 Å². The van der Waals surface area contributed by atoms with Gasteiger partial charge >= 0.3 is 0 Å². The molecule has 1 atom stereocenters. The molecule has 6 nitrogen and oxygen atoms in total. The van der Waals surface area contributed by atoms with Crippen molar-refractivity contribution in [3.63, 3.8) is 0 Å². The predicted molar refractivity (Wildman–Crippen MR) is 73.1 cm³/mol. The van der Waals surface area contributed by atoms with Crippen LogP contribution in [-0.2, 0) is 9.84 Å². The Morgan fingerprint density at radius 2 is 2.21 bits per heavy atom. The van der Waals surface area contributed by atoms with Crippen LogP contribution in [0.15, 0.2) is 18.2 Å². The first-order valence-electron chi connectivity index (χ1n) is 6.07. The lowest BCUT2D eigenvalue weighted by Crippen LogP contribution is -2.16. The van der Waals surface area contributed by atoms with E-state index in [-0.39, 0.29) is 23.1 Å². The van der Waals surface area contributed by atoms with E-state index in [1.54, 1.807) is 19.1 Å². The summed E-state index contributed by atoms with van der Waals surface area (Å²) in [5.41, 5.74) is 1.29. The maximum atomic E-state index is 11.3. The lowest BCUT2D eigenvalue weighted by molar-refractivity contribution is -0.384. The highest BCUT2D eigenvalue weighted by molar-refractivity contribution is 7.91. The number of anilines is 1. The van der Waals surface area contributed by atoms with Crippen LogP contribution in [-0.4, -0.2) is 31.4 Å². The number of aryl methyl sites for hydroxylation is 1. The number of sulfone groups is 1. The Hall–Kier alpha value is -1.63. The van der Waals surface area contributed by atoms with Gasteiger partial charge in [-0.1, -0.05) is 6.07 Å². The van der Waals surface area contributed by atoms with Crippen LogP contribution >= 0.6 is 0 Å². The Morgan fingerprint density at radius 3 is 2.79 bits per heavy atom. The fraction of sp³-hybridized carbons (Fsp3) is 0.500. The van der Waals surface area contributed by atoms with Gasteiger partial charge in [0, 0.05) is 12.6 Å². The van der Waals surface area contributed by atoms with E-state index in [9.17, 15) is 18.5 Å². The Bertz CT molecular complexity index is 598. The number of hydrogen-bond acceptors (Lipinski definition) is 5. The molecule has 1 unspecified atom stereocenters. The van der Waals surface area contributed by atoms with E-state index in [2.05, 4.69) is 5.32 Å². The highest BCUT2D eigenvalue weighted by Crippen LogP contribution is 2.26. The van der Waals surface area contributed by atoms with E-state index >= 15 is 0 Å². The Labute approximate surface area is 111 Å². The molecule has 2 rings (SSSR count). The van der Waals surface area contributed by atoms with Crippen molar-refractivity contribution in [2.45, 2.75) is 13.3 Å². The normalized spacial score (nSPS) is 21.2. The maximum absolute atomic E-state index is 11.3. The fourth-order valence-electron chi connectivity index (χ4n) is 2.23. The molecular formula is C12H16N2O4S. The second-order valence-electron chi connectivity index (χ2n) is 4.93. The van der Waals surface area contributed by atoms with Gasteiger partial charge in [0.25, 0.3) is 5.69 Å². The van der Waals surface area contributed by atoms with Gasteiger partial charge < -0.3 is 5.32 Å². The highest BCUT2D eigenvalue weighted by atomic mass is 32.2. The average Bonchev–Trinajstić information content (AvgIpc) is 2.67. The molecule has 1 aromatic rings. The molecule has 0 bridgehead atoms. The van der Waals surface area contributed by atoms with Crippen molar-refractivity contribution in [3.05, 3.63) is 33.9 Å². The van der Waals surface area contributed by atoms with Gasteiger partial charge in [-0.15, -0.1) is 0 Å². The zero-order chi connectivity index (χ0) is 14.0. The maximum Gasteiger partial charge on any atom is 0.292 e. The van der Waals surface area contributed by atoms with Crippen molar-refractivity contribution in [1.82, 2.24) is 0 Å². The molecule has 1 fully saturated rings. The molecule has 19 heavy (non-hydrogen) atoms.